The number of nitrogens with zero attached hydrogens (tertiary/aromatic N) is 2. The third kappa shape index (κ3) is 3.60. The maximum atomic E-state index is 11.8. The largest absolute Gasteiger partial charge is 0.442 e. The molecule has 0 saturated heterocycles. The molecule has 6 nitrogen and oxygen atoms in total. The summed E-state index contributed by atoms with van der Waals surface area (Å²) in [7, 11) is 0. The minimum Gasteiger partial charge on any atom is -0.442 e. The first-order valence-electron chi connectivity index (χ1n) is 7.67. The molecular formula is C18H18N4O2. The first-order chi connectivity index (χ1) is 11.7. The van der Waals surface area contributed by atoms with Crippen LogP contribution < -0.4 is 5.32 Å². The topological polar surface area (TPSA) is 79.9 Å². The van der Waals surface area contributed by atoms with Crippen molar-refractivity contribution in [1.82, 2.24) is 15.0 Å². The van der Waals surface area contributed by atoms with Crippen molar-refractivity contribution in [2.45, 2.75) is 20.0 Å². The minimum absolute atomic E-state index is 0.288. The molecule has 0 aliphatic heterocycles. The molecule has 0 radical (unpaired) electrons. The summed E-state index contributed by atoms with van der Waals surface area (Å²) in [5.74, 6) is 0.736. The van der Waals surface area contributed by atoms with E-state index in [1.165, 1.54) is 0 Å². The van der Waals surface area contributed by atoms with Crippen LogP contribution in [0.2, 0.25) is 0 Å². The van der Waals surface area contributed by atoms with Crippen LogP contribution in [0, 0.1) is 0 Å². The highest BCUT2D eigenvalue weighted by Crippen LogP contribution is 2.21. The number of carbonyl (C=O) groups excluding carboxylic acids is 1. The van der Waals surface area contributed by atoms with Crippen molar-refractivity contribution in [1.29, 1.82) is 0 Å². The average Bonchev–Trinajstić information content (AvgIpc) is 2.99. The molecule has 3 rings (SSSR count). The van der Waals surface area contributed by atoms with E-state index in [0.717, 1.165) is 16.9 Å². The van der Waals surface area contributed by atoms with Crippen molar-refractivity contribution in [3.63, 3.8) is 0 Å². The predicted octanol–water partition coefficient (Wildman–Crippen LogP) is 4.14. The van der Waals surface area contributed by atoms with E-state index in [0.29, 0.717) is 11.3 Å². The zero-order valence-electron chi connectivity index (χ0n) is 13.5. The molecule has 2 N–H and O–H groups in total. The van der Waals surface area contributed by atoms with Crippen LogP contribution in [0.4, 0.5) is 10.5 Å². The molecule has 0 aliphatic carbocycles. The molecule has 0 saturated carbocycles. The Morgan fingerprint density at radius 3 is 2.88 bits per heavy atom. The number of fused-ring (bicyclic) bond motifs is 1. The Morgan fingerprint density at radius 1 is 1.33 bits per heavy atom. The van der Waals surface area contributed by atoms with E-state index >= 15 is 0 Å². The highest BCUT2D eigenvalue weighted by molar-refractivity contribution is 5.88. The maximum Gasteiger partial charge on any atom is 0.412 e. The summed E-state index contributed by atoms with van der Waals surface area (Å²) in [6.07, 6.45) is 4.37. The molecule has 1 atom stereocenters. The summed E-state index contributed by atoms with van der Waals surface area (Å²) in [5.41, 5.74) is 2.86. The van der Waals surface area contributed by atoms with Gasteiger partial charge in [0.2, 0.25) is 0 Å². The number of rotatable bonds is 4. The third-order valence-corrected chi connectivity index (χ3v) is 3.39. The third-order valence-electron chi connectivity index (χ3n) is 3.39. The van der Waals surface area contributed by atoms with Crippen molar-refractivity contribution in [3.05, 3.63) is 54.7 Å². The first kappa shape index (κ1) is 15.7. The molecule has 122 valence electrons. The summed E-state index contributed by atoms with van der Waals surface area (Å²) in [5, 5.41) is 2.67. The molecule has 2 heterocycles. The monoisotopic (exact) mass is 322 g/mol. The number of allylic oxidation sites excluding steroid dienone is 1. The smallest absolute Gasteiger partial charge is 0.412 e. The van der Waals surface area contributed by atoms with Gasteiger partial charge in [0.1, 0.15) is 11.9 Å². The molecular weight excluding hydrogens is 304 g/mol. The van der Waals surface area contributed by atoms with E-state index in [1.54, 1.807) is 25.3 Å². The fraction of sp³-hybridized carbons (Fsp3) is 0.167. The highest BCUT2D eigenvalue weighted by Gasteiger charge is 2.10. The minimum atomic E-state index is -0.524. The molecule has 2 aromatic heterocycles. The highest BCUT2D eigenvalue weighted by atomic mass is 16.6. The summed E-state index contributed by atoms with van der Waals surface area (Å²) < 4.78 is 5.19. The standard InChI is InChI=1S/C18H18N4O2/c1-3-7-12(2)24-18(23)20-14-10-15-17(19-11-14)22-16(21-15)13-8-5-4-6-9-13/h3-12H,1-2H3,(H,20,23)(H,19,21,22). The number of benzene rings is 1. The second-order valence-corrected chi connectivity index (χ2v) is 5.31. The van der Waals surface area contributed by atoms with Gasteiger partial charge in [-0.2, -0.15) is 0 Å². The van der Waals surface area contributed by atoms with Gasteiger partial charge < -0.3 is 9.72 Å². The lowest BCUT2D eigenvalue weighted by molar-refractivity contribution is 0.142. The molecule has 3 aromatic rings. The van der Waals surface area contributed by atoms with E-state index in [4.69, 9.17) is 4.74 Å². The van der Waals surface area contributed by atoms with E-state index in [-0.39, 0.29) is 6.10 Å². The van der Waals surface area contributed by atoms with Crippen LogP contribution in [0.15, 0.2) is 54.7 Å². The Morgan fingerprint density at radius 2 is 2.12 bits per heavy atom. The predicted molar refractivity (Wildman–Crippen MR) is 93.7 cm³/mol. The van der Waals surface area contributed by atoms with Gasteiger partial charge in [0.15, 0.2) is 5.65 Å². The van der Waals surface area contributed by atoms with Crippen molar-refractivity contribution >= 4 is 22.9 Å². The van der Waals surface area contributed by atoms with Crippen LogP contribution in [-0.4, -0.2) is 27.1 Å². The summed E-state index contributed by atoms with van der Waals surface area (Å²) in [6, 6.07) is 11.6. The summed E-state index contributed by atoms with van der Waals surface area (Å²) in [6.45, 7) is 3.67. The van der Waals surface area contributed by atoms with Crippen LogP contribution in [-0.2, 0) is 4.74 Å². The number of pyridine rings is 1. The summed E-state index contributed by atoms with van der Waals surface area (Å²) >= 11 is 0. The van der Waals surface area contributed by atoms with Gasteiger partial charge in [0, 0.05) is 5.56 Å². The van der Waals surface area contributed by atoms with Crippen molar-refractivity contribution < 1.29 is 9.53 Å². The van der Waals surface area contributed by atoms with Gasteiger partial charge in [-0.15, -0.1) is 0 Å². The molecule has 0 spiro atoms. The van der Waals surface area contributed by atoms with Crippen LogP contribution in [0.5, 0.6) is 0 Å². The van der Waals surface area contributed by atoms with Crippen LogP contribution in [0.3, 0.4) is 0 Å². The Bertz CT molecular complexity index is 871. The molecule has 0 bridgehead atoms. The van der Waals surface area contributed by atoms with Crippen molar-refractivity contribution in [2.24, 2.45) is 0 Å². The quantitative estimate of drug-likeness (QED) is 0.708. The molecule has 1 aromatic carbocycles. The Kier molecular flexibility index (Phi) is 4.56. The molecule has 1 unspecified atom stereocenters. The molecule has 24 heavy (non-hydrogen) atoms. The van der Waals surface area contributed by atoms with Gasteiger partial charge in [-0.3, -0.25) is 5.32 Å². The number of imidazole rings is 1. The number of H-pyrrole nitrogens is 1. The van der Waals surface area contributed by atoms with Gasteiger partial charge >= 0.3 is 6.09 Å². The second kappa shape index (κ2) is 6.95. The normalized spacial score (nSPS) is 12.4. The lowest BCUT2D eigenvalue weighted by Crippen LogP contribution is -2.18. The Labute approximate surface area is 139 Å². The van der Waals surface area contributed by atoms with Gasteiger partial charge in [-0.1, -0.05) is 36.4 Å². The number of ether oxygens (including phenoxy) is 1. The zero-order chi connectivity index (χ0) is 16.9. The van der Waals surface area contributed by atoms with E-state index in [9.17, 15) is 4.79 Å². The lowest BCUT2D eigenvalue weighted by atomic mass is 10.2. The number of anilines is 1. The lowest BCUT2D eigenvalue weighted by Gasteiger charge is -2.10. The number of aromatic amines is 1. The molecule has 6 heteroatoms. The van der Waals surface area contributed by atoms with E-state index < -0.39 is 6.09 Å². The average molecular weight is 322 g/mol. The van der Waals surface area contributed by atoms with Gasteiger partial charge in [0.25, 0.3) is 0 Å². The SMILES string of the molecule is CC=CC(C)OC(=O)Nc1cnc2nc(-c3ccccc3)[nH]c2c1. The molecule has 0 fully saturated rings. The van der Waals surface area contributed by atoms with Gasteiger partial charge in [-0.05, 0) is 26.0 Å². The first-order valence-corrected chi connectivity index (χ1v) is 7.67. The van der Waals surface area contributed by atoms with Crippen LogP contribution in [0.1, 0.15) is 13.8 Å². The van der Waals surface area contributed by atoms with E-state index in [2.05, 4.69) is 20.3 Å². The molecule has 1 amide bonds. The Hall–Kier alpha value is -3.15. The fourth-order valence-corrected chi connectivity index (χ4v) is 2.33. The zero-order valence-corrected chi connectivity index (χ0v) is 13.5. The number of hydrogen-bond acceptors (Lipinski definition) is 4. The number of carbonyl (C=O) groups is 1. The Balaban J connectivity index is 1.78. The number of hydrogen-bond donors (Lipinski definition) is 2. The van der Waals surface area contributed by atoms with E-state index in [1.807, 2.05) is 43.3 Å². The fourth-order valence-electron chi connectivity index (χ4n) is 2.33. The summed E-state index contributed by atoms with van der Waals surface area (Å²) in [4.78, 5) is 23.8. The number of nitrogens with one attached hydrogen (secondary N) is 2. The number of aromatic nitrogens is 3. The number of amides is 1. The second-order valence-electron chi connectivity index (χ2n) is 5.31. The maximum absolute atomic E-state index is 11.8. The van der Waals surface area contributed by atoms with Gasteiger partial charge in [-0.25, -0.2) is 14.8 Å². The van der Waals surface area contributed by atoms with Crippen molar-refractivity contribution in [2.75, 3.05) is 5.32 Å². The molecule has 0 aliphatic rings. The van der Waals surface area contributed by atoms with Gasteiger partial charge in [0.05, 0.1) is 17.4 Å². The van der Waals surface area contributed by atoms with Crippen LogP contribution >= 0.6 is 0 Å². The van der Waals surface area contributed by atoms with Crippen molar-refractivity contribution in [3.8, 4) is 11.4 Å². The van der Waals surface area contributed by atoms with Crippen LogP contribution in [0.25, 0.3) is 22.6 Å².